The van der Waals surface area contributed by atoms with Gasteiger partial charge in [-0.2, -0.15) is 5.26 Å². The Morgan fingerprint density at radius 3 is 2.92 bits per heavy atom. The number of fused-ring (bicyclic) bond motifs is 2. The molecule has 2 atom stereocenters. The maximum absolute atomic E-state index is 12.7. The van der Waals surface area contributed by atoms with Gasteiger partial charge in [0.25, 0.3) is 5.91 Å². The first-order valence-corrected chi connectivity index (χ1v) is 9.21. The fraction of sp³-hybridized carbons (Fsp3) is 0.500. The van der Waals surface area contributed by atoms with Crippen LogP contribution in [0.15, 0.2) is 24.3 Å². The van der Waals surface area contributed by atoms with Crippen LogP contribution < -0.4 is 4.74 Å². The van der Waals surface area contributed by atoms with Crippen molar-refractivity contribution in [2.75, 3.05) is 13.2 Å². The van der Waals surface area contributed by atoms with Crippen molar-refractivity contribution in [2.24, 2.45) is 5.92 Å². The molecule has 1 saturated carbocycles. The van der Waals surface area contributed by atoms with E-state index in [-0.39, 0.29) is 12.5 Å². The van der Waals surface area contributed by atoms with Crippen molar-refractivity contribution in [3.63, 3.8) is 0 Å². The van der Waals surface area contributed by atoms with Gasteiger partial charge in [0.05, 0.1) is 0 Å². The van der Waals surface area contributed by atoms with Gasteiger partial charge in [-0.1, -0.05) is 31.0 Å². The number of H-pyrrole nitrogens is 1. The summed E-state index contributed by atoms with van der Waals surface area (Å²) < 4.78 is 5.74. The maximum Gasteiger partial charge on any atom is 0.260 e. The van der Waals surface area contributed by atoms with Crippen molar-refractivity contribution in [1.29, 1.82) is 5.26 Å². The number of likely N-dealkylation sites (tertiary alicyclic amines) is 1. The van der Waals surface area contributed by atoms with Crippen molar-refractivity contribution in [3.05, 3.63) is 29.8 Å². The Kier molecular flexibility index (Phi) is 4.35. The van der Waals surface area contributed by atoms with E-state index in [1.165, 1.54) is 25.7 Å². The number of ether oxygens (including phenoxy) is 1. The Morgan fingerprint density at radius 2 is 2.04 bits per heavy atom. The van der Waals surface area contributed by atoms with Gasteiger partial charge in [-0.15, -0.1) is 0 Å². The summed E-state index contributed by atoms with van der Waals surface area (Å²) in [7, 11) is 0. The van der Waals surface area contributed by atoms with Gasteiger partial charge in [-0.05, 0) is 37.7 Å². The molecule has 1 aliphatic heterocycles. The number of nitrogens with zero attached hydrogens (tertiary/aromatic N) is 2. The molecule has 4 rings (SSSR count). The van der Waals surface area contributed by atoms with E-state index in [1.54, 1.807) is 0 Å². The molecule has 2 aliphatic rings. The predicted octanol–water partition coefficient (Wildman–Crippen LogP) is 3.60. The minimum Gasteiger partial charge on any atom is -0.468 e. The molecular weight excluding hydrogens is 314 g/mol. The van der Waals surface area contributed by atoms with E-state index in [4.69, 9.17) is 4.74 Å². The summed E-state index contributed by atoms with van der Waals surface area (Å²) >= 11 is 0. The number of amides is 1. The summed E-state index contributed by atoms with van der Waals surface area (Å²) in [6.45, 7) is 0.825. The van der Waals surface area contributed by atoms with Crippen LogP contribution in [0.25, 0.3) is 10.9 Å². The third-order valence-electron chi connectivity index (χ3n) is 5.69. The maximum atomic E-state index is 12.7. The number of hydrogen-bond donors (Lipinski definition) is 1. The van der Waals surface area contributed by atoms with E-state index >= 15 is 0 Å². The molecule has 0 bridgehead atoms. The first-order chi connectivity index (χ1) is 12.3. The van der Waals surface area contributed by atoms with Crippen molar-refractivity contribution in [3.8, 4) is 11.9 Å². The Morgan fingerprint density at radius 1 is 1.24 bits per heavy atom. The Hall–Kier alpha value is -2.48. The number of nitrogens with one attached hydrogen (secondary N) is 1. The minimum atomic E-state index is -0.00920. The van der Waals surface area contributed by atoms with E-state index in [0.29, 0.717) is 23.4 Å². The average molecular weight is 337 g/mol. The summed E-state index contributed by atoms with van der Waals surface area (Å²) in [4.78, 5) is 17.9. The highest BCUT2D eigenvalue weighted by atomic mass is 16.5. The number of hydrogen-bond acceptors (Lipinski definition) is 3. The highest BCUT2D eigenvalue weighted by Crippen LogP contribution is 2.35. The molecule has 2 heterocycles. The normalized spacial score (nSPS) is 23.1. The summed E-state index contributed by atoms with van der Waals surface area (Å²) in [5, 5.41) is 10.3. The Bertz CT molecular complexity index is 818. The molecule has 0 radical (unpaired) electrons. The third kappa shape index (κ3) is 2.97. The molecule has 0 spiro atoms. The molecule has 25 heavy (non-hydrogen) atoms. The number of aromatic nitrogens is 1. The van der Waals surface area contributed by atoms with E-state index in [1.807, 2.05) is 29.2 Å². The molecular formula is C20H23N3O2. The fourth-order valence-electron chi connectivity index (χ4n) is 4.49. The predicted molar refractivity (Wildman–Crippen MR) is 95.2 cm³/mol. The van der Waals surface area contributed by atoms with Crippen molar-refractivity contribution in [1.82, 2.24) is 9.88 Å². The van der Waals surface area contributed by atoms with Gasteiger partial charge in [-0.25, -0.2) is 0 Å². The fourth-order valence-corrected chi connectivity index (χ4v) is 4.49. The second-order valence-electron chi connectivity index (χ2n) is 7.12. The van der Waals surface area contributed by atoms with Gasteiger partial charge >= 0.3 is 0 Å². The van der Waals surface area contributed by atoms with Crippen LogP contribution in [0, 0.1) is 17.2 Å². The standard InChI is InChI=1S/C20H23N3O2/c21-12-16-15-8-2-3-9-17(15)22-20(16)25-13-19(24)23-11-5-7-14-6-1-4-10-18(14)23/h2-3,8-9,14,18,22H,1,4-7,10-11,13H2/t14-,18-/m1/s1. The molecule has 1 aromatic carbocycles. The van der Waals surface area contributed by atoms with Crippen molar-refractivity contribution >= 4 is 16.8 Å². The van der Waals surface area contributed by atoms with Crippen LogP contribution in [0.1, 0.15) is 44.1 Å². The monoisotopic (exact) mass is 337 g/mol. The van der Waals surface area contributed by atoms with Crippen LogP contribution in [0.5, 0.6) is 5.88 Å². The highest BCUT2D eigenvalue weighted by molar-refractivity contribution is 5.88. The van der Waals surface area contributed by atoms with Crippen LogP contribution in [-0.2, 0) is 4.79 Å². The van der Waals surface area contributed by atoms with Crippen molar-refractivity contribution < 1.29 is 9.53 Å². The molecule has 5 heteroatoms. The summed E-state index contributed by atoms with van der Waals surface area (Å²) in [6.07, 6.45) is 7.20. The van der Waals surface area contributed by atoms with Crippen LogP contribution >= 0.6 is 0 Å². The minimum absolute atomic E-state index is 0.00920. The number of nitriles is 1. The first kappa shape index (κ1) is 16.0. The highest BCUT2D eigenvalue weighted by Gasteiger charge is 2.35. The second-order valence-corrected chi connectivity index (χ2v) is 7.12. The Balaban J connectivity index is 1.48. The SMILES string of the molecule is N#Cc1c(OCC(=O)N2CCC[C@H]3CCCC[C@H]32)[nH]c2ccccc12. The number of carbonyl (C=O) groups excluding carboxylic acids is 1. The van der Waals surface area contributed by atoms with Crippen molar-refractivity contribution in [2.45, 2.75) is 44.6 Å². The number of rotatable bonds is 3. The van der Waals surface area contributed by atoms with Crippen LogP contribution in [-0.4, -0.2) is 35.0 Å². The van der Waals surface area contributed by atoms with Gasteiger partial charge in [0.2, 0.25) is 5.88 Å². The molecule has 1 amide bonds. The molecule has 1 N–H and O–H groups in total. The number of carbonyl (C=O) groups is 1. The molecule has 2 aromatic rings. The van der Waals surface area contributed by atoms with Crippen LogP contribution in [0.3, 0.4) is 0 Å². The molecule has 1 saturated heterocycles. The smallest absolute Gasteiger partial charge is 0.260 e. The van der Waals surface area contributed by atoms with E-state index in [9.17, 15) is 10.1 Å². The lowest BCUT2D eigenvalue weighted by atomic mass is 9.78. The molecule has 2 fully saturated rings. The third-order valence-corrected chi connectivity index (χ3v) is 5.69. The lowest BCUT2D eigenvalue weighted by molar-refractivity contribution is -0.139. The zero-order valence-corrected chi connectivity index (χ0v) is 14.3. The largest absolute Gasteiger partial charge is 0.468 e. The van der Waals surface area contributed by atoms with Gasteiger partial charge in [-0.3, -0.25) is 4.79 Å². The van der Waals surface area contributed by atoms with Crippen LogP contribution in [0.2, 0.25) is 0 Å². The van der Waals surface area contributed by atoms with Gasteiger partial charge in [0.15, 0.2) is 6.61 Å². The molecule has 1 aromatic heterocycles. The topological polar surface area (TPSA) is 69.1 Å². The number of benzene rings is 1. The summed E-state index contributed by atoms with van der Waals surface area (Å²) in [5.41, 5.74) is 1.32. The first-order valence-electron chi connectivity index (χ1n) is 9.21. The summed E-state index contributed by atoms with van der Waals surface area (Å²) in [6, 6.07) is 10.2. The number of para-hydroxylation sites is 1. The van der Waals surface area contributed by atoms with Gasteiger partial charge in [0, 0.05) is 23.5 Å². The van der Waals surface area contributed by atoms with Gasteiger partial charge < -0.3 is 14.6 Å². The quantitative estimate of drug-likeness (QED) is 0.930. The molecule has 0 unspecified atom stereocenters. The Labute approximate surface area is 147 Å². The van der Waals surface area contributed by atoms with Crippen LogP contribution in [0.4, 0.5) is 0 Å². The lowest BCUT2D eigenvalue weighted by Crippen LogP contribution is -2.51. The number of aromatic amines is 1. The molecule has 5 nitrogen and oxygen atoms in total. The lowest BCUT2D eigenvalue weighted by Gasteiger charge is -2.44. The van der Waals surface area contributed by atoms with E-state index < -0.39 is 0 Å². The molecule has 130 valence electrons. The van der Waals surface area contributed by atoms with Gasteiger partial charge in [0.1, 0.15) is 11.6 Å². The zero-order valence-electron chi connectivity index (χ0n) is 14.3. The molecule has 1 aliphatic carbocycles. The zero-order chi connectivity index (χ0) is 17.2. The van der Waals surface area contributed by atoms with E-state index in [2.05, 4.69) is 11.1 Å². The summed E-state index contributed by atoms with van der Waals surface area (Å²) in [5.74, 6) is 1.10. The second kappa shape index (κ2) is 6.79. The average Bonchev–Trinajstić information content (AvgIpc) is 3.03. The number of piperidine rings is 1. The van der Waals surface area contributed by atoms with E-state index in [0.717, 1.165) is 30.3 Å².